The summed E-state index contributed by atoms with van der Waals surface area (Å²) in [5.41, 5.74) is 1.25. The molecule has 2 atom stereocenters. The second kappa shape index (κ2) is 4.15. The molecule has 78 valence electrons. The van der Waals surface area contributed by atoms with Crippen molar-refractivity contribution >= 4 is 0 Å². The van der Waals surface area contributed by atoms with Gasteiger partial charge < -0.3 is 10.4 Å². The zero-order valence-corrected chi connectivity index (χ0v) is 8.61. The molecule has 0 aromatic heterocycles. The number of aliphatic hydroxyl groups is 1. The third-order valence-corrected chi connectivity index (χ3v) is 2.84. The first kappa shape index (κ1) is 9.74. The highest BCUT2D eigenvalue weighted by Gasteiger charge is 2.23. The molecule has 0 aliphatic carbocycles. The van der Waals surface area contributed by atoms with Crippen LogP contribution in [0.2, 0.25) is 0 Å². The average molecular weight is 194 g/mol. The summed E-state index contributed by atoms with van der Waals surface area (Å²) in [5.74, 6) is 0. The first-order valence-electron chi connectivity index (χ1n) is 5.29. The summed E-state index contributed by atoms with van der Waals surface area (Å²) >= 11 is 0. The number of nitrogens with zero attached hydrogens (tertiary/aromatic N) is 1. The van der Waals surface area contributed by atoms with Crippen LogP contribution in [0.3, 0.4) is 0 Å². The van der Waals surface area contributed by atoms with E-state index in [2.05, 4.69) is 29.3 Å². The summed E-state index contributed by atoms with van der Waals surface area (Å²) in [4.78, 5) is 2.29. The maximum atomic E-state index is 9.55. The van der Waals surface area contributed by atoms with Crippen molar-refractivity contribution in [1.29, 1.82) is 0 Å². The number of piperidine rings is 1. The van der Waals surface area contributed by atoms with Crippen molar-refractivity contribution < 1.29 is 5.11 Å². The highest BCUT2D eigenvalue weighted by molar-refractivity contribution is 5.21. The van der Waals surface area contributed by atoms with Crippen molar-refractivity contribution in [3.8, 4) is 0 Å². The van der Waals surface area contributed by atoms with E-state index in [-0.39, 0.29) is 12.3 Å². The molecule has 0 aromatic rings. The van der Waals surface area contributed by atoms with Crippen LogP contribution in [0.25, 0.3) is 0 Å². The molecule has 1 fully saturated rings. The van der Waals surface area contributed by atoms with Crippen molar-refractivity contribution in [3.05, 3.63) is 23.9 Å². The molecule has 14 heavy (non-hydrogen) atoms. The van der Waals surface area contributed by atoms with E-state index in [0.717, 1.165) is 25.9 Å². The molecule has 3 heteroatoms. The van der Waals surface area contributed by atoms with Crippen LogP contribution in [0.4, 0.5) is 0 Å². The van der Waals surface area contributed by atoms with Gasteiger partial charge in [-0.25, -0.2) is 0 Å². The fourth-order valence-corrected chi connectivity index (χ4v) is 2.03. The number of hydrogen-bond donors (Lipinski definition) is 2. The maximum Gasteiger partial charge on any atom is 0.0985 e. The highest BCUT2D eigenvalue weighted by atomic mass is 16.3. The van der Waals surface area contributed by atoms with Gasteiger partial charge in [0.2, 0.25) is 0 Å². The lowest BCUT2D eigenvalue weighted by molar-refractivity contribution is 0.0522. The lowest BCUT2D eigenvalue weighted by Crippen LogP contribution is -2.49. The normalized spacial score (nSPS) is 33.7. The number of β-amino-alcohol motifs (C(OH)–C–C–N with tert-alkyl or cyclic N) is 1. The quantitative estimate of drug-likeness (QED) is 0.649. The lowest BCUT2D eigenvalue weighted by atomic mass is 10.1. The van der Waals surface area contributed by atoms with E-state index in [0.29, 0.717) is 0 Å². The van der Waals surface area contributed by atoms with Gasteiger partial charge in [0, 0.05) is 19.3 Å². The molecular formula is C11H18N2O. The van der Waals surface area contributed by atoms with E-state index >= 15 is 0 Å². The van der Waals surface area contributed by atoms with Gasteiger partial charge in [0.05, 0.1) is 12.3 Å². The number of dihydropyridines is 1. The van der Waals surface area contributed by atoms with E-state index in [9.17, 15) is 5.11 Å². The van der Waals surface area contributed by atoms with Gasteiger partial charge in [-0.1, -0.05) is 6.08 Å². The largest absolute Gasteiger partial charge is 0.392 e. The van der Waals surface area contributed by atoms with E-state index in [4.69, 9.17) is 0 Å². The Labute approximate surface area is 85.1 Å². The van der Waals surface area contributed by atoms with Crippen LogP contribution < -0.4 is 5.32 Å². The van der Waals surface area contributed by atoms with Crippen molar-refractivity contribution in [2.75, 3.05) is 13.1 Å². The van der Waals surface area contributed by atoms with Gasteiger partial charge in [-0.2, -0.15) is 0 Å². The number of rotatable bonds is 1. The molecular weight excluding hydrogens is 176 g/mol. The van der Waals surface area contributed by atoms with E-state index in [1.54, 1.807) is 0 Å². The van der Waals surface area contributed by atoms with Crippen LogP contribution >= 0.6 is 0 Å². The Hall–Kier alpha value is -0.800. The molecule has 0 aromatic carbocycles. The second-order valence-electron chi connectivity index (χ2n) is 4.15. The summed E-state index contributed by atoms with van der Waals surface area (Å²) in [6, 6.07) is 0. The highest BCUT2D eigenvalue weighted by Crippen LogP contribution is 2.14. The Morgan fingerprint density at radius 3 is 3.07 bits per heavy atom. The molecule has 0 radical (unpaired) electrons. The van der Waals surface area contributed by atoms with Gasteiger partial charge in [0.15, 0.2) is 0 Å². The molecule has 3 nitrogen and oxygen atoms in total. The molecule has 2 rings (SSSR count). The SMILES string of the molecule is CC1=CNC(N2CCC[C@@H](O)C2)C=C1. The van der Waals surface area contributed by atoms with Crippen LogP contribution in [0, 0.1) is 0 Å². The summed E-state index contributed by atoms with van der Waals surface area (Å²) in [5, 5.41) is 12.9. The fourth-order valence-electron chi connectivity index (χ4n) is 2.03. The van der Waals surface area contributed by atoms with Crippen LogP contribution in [0.15, 0.2) is 23.9 Å². The van der Waals surface area contributed by atoms with Crippen molar-refractivity contribution in [3.63, 3.8) is 0 Å². The molecule has 2 aliphatic heterocycles. The number of hydrogen-bond acceptors (Lipinski definition) is 3. The fraction of sp³-hybridized carbons (Fsp3) is 0.636. The minimum atomic E-state index is -0.147. The van der Waals surface area contributed by atoms with E-state index in [1.165, 1.54) is 5.57 Å². The van der Waals surface area contributed by atoms with Crippen LogP contribution in [0.1, 0.15) is 19.8 Å². The molecule has 2 heterocycles. The topological polar surface area (TPSA) is 35.5 Å². The summed E-state index contributed by atoms with van der Waals surface area (Å²) in [6.07, 6.45) is 8.48. The van der Waals surface area contributed by atoms with Crippen molar-refractivity contribution in [2.24, 2.45) is 0 Å². The predicted molar refractivity (Wildman–Crippen MR) is 56.6 cm³/mol. The summed E-state index contributed by atoms with van der Waals surface area (Å²) < 4.78 is 0. The molecule has 1 unspecified atom stereocenters. The number of nitrogens with one attached hydrogen (secondary N) is 1. The Morgan fingerprint density at radius 1 is 1.57 bits per heavy atom. The van der Waals surface area contributed by atoms with Crippen LogP contribution in [-0.2, 0) is 0 Å². The monoisotopic (exact) mass is 194 g/mol. The standard InChI is InChI=1S/C11H18N2O/c1-9-4-5-11(12-7-9)13-6-2-3-10(14)8-13/h4-5,7,10-12,14H,2-3,6,8H2,1H3/t10-,11?/m1/s1. The van der Waals surface area contributed by atoms with E-state index in [1.807, 2.05) is 6.20 Å². The number of likely N-dealkylation sites (tertiary alicyclic amines) is 1. The number of allylic oxidation sites excluding steroid dienone is 2. The summed E-state index contributed by atoms with van der Waals surface area (Å²) in [6.45, 7) is 3.94. The maximum absolute atomic E-state index is 9.55. The third kappa shape index (κ3) is 2.16. The van der Waals surface area contributed by atoms with Gasteiger partial charge in [-0.05, 0) is 31.4 Å². The van der Waals surface area contributed by atoms with Crippen LogP contribution in [-0.4, -0.2) is 35.4 Å². The van der Waals surface area contributed by atoms with Crippen molar-refractivity contribution in [1.82, 2.24) is 10.2 Å². The molecule has 0 amide bonds. The zero-order chi connectivity index (χ0) is 9.97. The summed E-state index contributed by atoms with van der Waals surface area (Å²) in [7, 11) is 0. The van der Waals surface area contributed by atoms with Gasteiger partial charge in [0.25, 0.3) is 0 Å². The number of aliphatic hydroxyl groups excluding tert-OH is 1. The zero-order valence-electron chi connectivity index (χ0n) is 8.61. The average Bonchev–Trinajstić information content (AvgIpc) is 2.19. The molecule has 0 saturated carbocycles. The smallest absolute Gasteiger partial charge is 0.0985 e. The van der Waals surface area contributed by atoms with Crippen molar-refractivity contribution in [2.45, 2.75) is 32.0 Å². The molecule has 2 N–H and O–H groups in total. The molecule has 0 bridgehead atoms. The molecule has 2 aliphatic rings. The van der Waals surface area contributed by atoms with Gasteiger partial charge in [0.1, 0.15) is 0 Å². The van der Waals surface area contributed by atoms with Gasteiger partial charge in [-0.15, -0.1) is 0 Å². The minimum Gasteiger partial charge on any atom is -0.392 e. The van der Waals surface area contributed by atoms with Gasteiger partial charge in [-0.3, -0.25) is 4.90 Å². The Morgan fingerprint density at radius 2 is 2.43 bits per heavy atom. The predicted octanol–water partition coefficient (Wildman–Crippen LogP) is 0.832. The molecule has 0 spiro atoms. The Balaban J connectivity index is 1.93. The van der Waals surface area contributed by atoms with Gasteiger partial charge >= 0.3 is 0 Å². The minimum absolute atomic E-state index is 0.147. The second-order valence-corrected chi connectivity index (χ2v) is 4.15. The Kier molecular flexibility index (Phi) is 2.89. The van der Waals surface area contributed by atoms with Crippen LogP contribution in [0.5, 0.6) is 0 Å². The van der Waals surface area contributed by atoms with E-state index < -0.39 is 0 Å². The first-order chi connectivity index (χ1) is 6.75. The lowest BCUT2D eigenvalue weighted by Gasteiger charge is -2.36. The Bertz CT molecular complexity index is 260. The third-order valence-electron chi connectivity index (χ3n) is 2.84. The first-order valence-corrected chi connectivity index (χ1v) is 5.29. The molecule has 1 saturated heterocycles.